The van der Waals surface area contributed by atoms with Gasteiger partial charge in [-0.3, -0.25) is 4.79 Å². The van der Waals surface area contributed by atoms with E-state index in [1.165, 1.54) is 0 Å². The van der Waals surface area contributed by atoms with E-state index in [-0.39, 0.29) is 0 Å². The number of rotatable bonds is 6. The Labute approximate surface area is 178 Å². The summed E-state index contributed by atoms with van der Waals surface area (Å²) in [6.07, 6.45) is -4.57. The topological polar surface area (TPSA) is 59.3 Å². The maximum absolute atomic E-state index is 12.9. The summed E-state index contributed by atoms with van der Waals surface area (Å²) in [5.74, 6) is -0.965. The van der Waals surface area contributed by atoms with Crippen LogP contribution in [0.1, 0.15) is 32.4 Å². The third-order valence-corrected chi connectivity index (χ3v) is 5.53. The highest BCUT2D eigenvalue weighted by molar-refractivity contribution is 5.78. The molecule has 162 valence electrons. The van der Waals surface area contributed by atoms with Crippen LogP contribution in [-0.4, -0.2) is 12.1 Å². The molecule has 0 radical (unpaired) electrons. The highest BCUT2D eigenvalue weighted by atomic mass is 19.4. The van der Waals surface area contributed by atoms with Crippen molar-refractivity contribution in [2.75, 3.05) is 0 Å². The lowest BCUT2D eigenvalue weighted by atomic mass is 10.1. The van der Waals surface area contributed by atoms with Crippen LogP contribution in [0, 0.1) is 28.6 Å². The van der Waals surface area contributed by atoms with Crippen LogP contribution in [0.2, 0.25) is 0 Å². The largest absolute Gasteiger partial charge is 0.457 e. The quantitative estimate of drug-likeness (QED) is 0.396. The lowest BCUT2D eigenvalue weighted by molar-refractivity contribution is -0.149. The van der Waals surface area contributed by atoms with Gasteiger partial charge in [-0.25, -0.2) is 0 Å². The second-order valence-corrected chi connectivity index (χ2v) is 8.11. The van der Waals surface area contributed by atoms with Crippen molar-refractivity contribution in [2.24, 2.45) is 17.3 Å². The van der Waals surface area contributed by atoms with E-state index >= 15 is 0 Å². The first-order chi connectivity index (χ1) is 14.5. The standard InChI is InChI=1S/C24H22F3NO3/c1-15(24(25,26)27)12-19-21(23(19,2)3)22(29)31-20(14-28)16-8-7-11-18(13-16)30-17-9-5-4-6-10-17/h4-13,19-21H,1-3H3/b15-12+/t19-,20?,21-/m1/s1. The molecule has 2 aromatic rings. The van der Waals surface area contributed by atoms with Crippen LogP contribution in [0.4, 0.5) is 13.2 Å². The first-order valence-corrected chi connectivity index (χ1v) is 9.72. The summed E-state index contributed by atoms with van der Waals surface area (Å²) in [6, 6.07) is 17.6. The lowest BCUT2D eigenvalue weighted by Gasteiger charge is -2.13. The number of hydrogen-bond acceptors (Lipinski definition) is 4. The Balaban J connectivity index is 1.72. The van der Waals surface area contributed by atoms with Crippen molar-refractivity contribution >= 4 is 5.97 Å². The fourth-order valence-corrected chi connectivity index (χ4v) is 3.53. The summed E-state index contributed by atoms with van der Waals surface area (Å²) in [5.41, 5.74) is -1.01. The van der Waals surface area contributed by atoms with Gasteiger partial charge in [0.25, 0.3) is 0 Å². The molecule has 1 unspecified atom stereocenters. The van der Waals surface area contributed by atoms with Crippen molar-refractivity contribution in [1.82, 2.24) is 0 Å². The van der Waals surface area contributed by atoms with Gasteiger partial charge in [0.15, 0.2) is 0 Å². The molecule has 1 saturated carbocycles. The van der Waals surface area contributed by atoms with Crippen molar-refractivity contribution in [3.63, 3.8) is 0 Å². The second-order valence-electron chi connectivity index (χ2n) is 8.11. The molecule has 0 heterocycles. The molecule has 0 amide bonds. The van der Waals surface area contributed by atoms with E-state index in [1.807, 2.05) is 24.3 Å². The SMILES string of the molecule is C/C(=C\[C@@H]1[C@H](C(=O)OC(C#N)c2cccc(Oc3ccccc3)c2)C1(C)C)C(F)(F)F. The van der Waals surface area contributed by atoms with Gasteiger partial charge in [-0.1, -0.05) is 50.3 Å². The van der Waals surface area contributed by atoms with Crippen molar-refractivity contribution in [3.8, 4) is 17.6 Å². The minimum Gasteiger partial charge on any atom is -0.457 e. The number of carbonyl (C=O) groups is 1. The number of alkyl halides is 3. The molecule has 7 heteroatoms. The van der Waals surface area contributed by atoms with Crippen molar-refractivity contribution in [2.45, 2.75) is 33.1 Å². The van der Waals surface area contributed by atoms with Gasteiger partial charge in [-0.2, -0.15) is 18.4 Å². The lowest BCUT2D eigenvalue weighted by Crippen LogP contribution is -2.14. The molecule has 1 aliphatic rings. The van der Waals surface area contributed by atoms with E-state index in [9.17, 15) is 23.2 Å². The smallest absolute Gasteiger partial charge is 0.412 e. The first kappa shape index (κ1) is 22.4. The number of halogens is 3. The van der Waals surface area contributed by atoms with Gasteiger partial charge in [-0.15, -0.1) is 0 Å². The average Bonchev–Trinajstić information content (AvgIpc) is 3.26. The van der Waals surface area contributed by atoms with Gasteiger partial charge in [0, 0.05) is 11.1 Å². The number of esters is 1. The zero-order valence-corrected chi connectivity index (χ0v) is 17.3. The second kappa shape index (κ2) is 8.46. The molecule has 31 heavy (non-hydrogen) atoms. The fourth-order valence-electron chi connectivity index (χ4n) is 3.53. The Morgan fingerprint density at radius 2 is 1.77 bits per heavy atom. The van der Waals surface area contributed by atoms with E-state index in [0.29, 0.717) is 17.1 Å². The number of nitrogens with zero attached hydrogens (tertiary/aromatic N) is 1. The molecular formula is C24H22F3NO3. The van der Waals surface area contributed by atoms with Crippen LogP contribution in [0.3, 0.4) is 0 Å². The Kier molecular flexibility index (Phi) is 6.12. The molecule has 1 aliphatic carbocycles. The Morgan fingerprint density at radius 3 is 2.39 bits per heavy atom. The summed E-state index contributed by atoms with van der Waals surface area (Å²) in [4.78, 5) is 12.7. The Bertz CT molecular complexity index is 1020. The van der Waals surface area contributed by atoms with E-state index in [0.717, 1.165) is 13.0 Å². The molecule has 0 aliphatic heterocycles. The number of hydrogen-bond donors (Lipinski definition) is 0. The fraction of sp³-hybridized carbons (Fsp3) is 0.333. The van der Waals surface area contributed by atoms with Crippen LogP contribution in [-0.2, 0) is 9.53 Å². The Morgan fingerprint density at radius 1 is 1.13 bits per heavy atom. The summed E-state index contributed by atoms with van der Waals surface area (Å²) >= 11 is 0. The highest BCUT2D eigenvalue weighted by Crippen LogP contribution is 2.60. The number of nitriles is 1. The summed E-state index contributed by atoms with van der Waals surface area (Å²) in [7, 11) is 0. The number of allylic oxidation sites excluding steroid dienone is 2. The maximum atomic E-state index is 12.9. The number of benzene rings is 2. The first-order valence-electron chi connectivity index (χ1n) is 9.72. The van der Waals surface area contributed by atoms with Crippen LogP contribution in [0.25, 0.3) is 0 Å². The number of ether oxygens (including phenoxy) is 2. The normalized spacial score (nSPS) is 21.0. The van der Waals surface area contributed by atoms with Gasteiger partial charge in [0.1, 0.15) is 17.6 Å². The predicted molar refractivity (Wildman–Crippen MR) is 108 cm³/mol. The third-order valence-electron chi connectivity index (χ3n) is 5.53. The molecule has 3 atom stereocenters. The molecule has 3 rings (SSSR count). The predicted octanol–water partition coefficient (Wildman–Crippen LogP) is 6.37. The molecule has 0 aromatic heterocycles. The van der Waals surface area contributed by atoms with Gasteiger partial charge in [0.2, 0.25) is 6.10 Å². The van der Waals surface area contributed by atoms with Crippen molar-refractivity contribution in [3.05, 3.63) is 71.8 Å². The van der Waals surface area contributed by atoms with Gasteiger partial charge in [-0.05, 0) is 42.5 Å². The molecule has 0 spiro atoms. The minimum atomic E-state index is -4.44. The van der Waals surface area contributed by atoms with Gasteiger partial charge >= 0.3 is 12.1 Å². The number of para-hydroxylation sites is 1. The van der Waals surface area contributed by atoms with Crippen LogP contribution < -0.4 is 4.74 Å². The molecule has 0 bridgehead atoms. The monoisotopic (exact) mass is 429 g/mol. The number of carbonyl (C=O) groups excluding carboxylic acids is 1. The third kappa shape index (κ3) is 5.08. The van der Waals surface area contributed by atoms with Gasteiger partial charge < -0.3 is 9.47 Å². The maximum Gasteiger partial charge on any atom is 0.412 e. The van der Waals surface area contributed by atoms with Crippen LogP contribution in [0.15, 0.2) is 66.2 Å². The van der Waals surface area contributed by atoms with Crippen molar-refractivity contribution in [1.29, 1.82) is 5.26 Å². The van der Waals surface area contributed by atoms with E-state index in [4.69, 9.17) is 9.47 Å². The zero-order valence-electron chi connectivity index (χ0n) is 17.3. The summed E-state index contributed by atoms with van der Waals surface area (Å²) < 4.78 is 49.7. The van der Waals surface area contributed by atoms with Crippen molar-refractivity contribution < 1.29 is 27.4 Å². The Hall–Kier alpha value is -3.27. The minimum absolute atomic E-state index is 0.418. The van der Waals surface area contributed by atoms with E-state index < -0.39 is 41.1 Å². The summed E-state index contributed by atoms with van der Waals surface area (Å²) in [6.45, 7) is 4.39. The molecule has 4 nitrogen and oxygen atoms in total. The molecule has 0 saturated heterocycles. The van der Waals surface area contributed by atoms with E-state index in [2.05, 4.69) is 0 Å². The van der Waals surface area contributed by atoms with Gasteiger partial charge in [0.05, 0.1) is 5.92 Å². The zero-order chi connectivity index (χ0) is 22.8. The molecule has 2 aromatic carbocycles. The van der Waals surface area contributed by atoms with Crippen LogP contribution >= 0.6 is 0 Å². The molecule has 1 fully saturated rings. The average molecular weight is 429 g/mol. The molecule has 0 N–H and O–H groups in total. The van der Waals surface area contributed by atoms with Crippen LogP contribution in [0.5, 0.6) is 11.5 Å². The van der Waals surface area contributed by atoms with E-state index in [1.54, 1.807) is 50.2 Å². The summed E-state index contributed by atoms with van der Waals surface area (Å²) in [5, 5.41) is 9.53. The molecular weight excluding hydrogens is 407 g/mol. The highest BCUT2D eigenvalue weighted by Gasteiger charge is 2.62.